The summed E-state index contributed by atoms with van der Waals surface area (Å²) in [5.41, 5.74) is 0.674. The van der Waals surface area contributed by atoms with Crippen LogP contribution in [0, 0.1) is 5.82 Å². The molecule has 2 aromatic rings. The number of benzene rings is 2. The van der Waals surface area contributed by atoms with Gasteiger partial charge in [-0.25, -0.2) is 9.29 Å². The lowest BCUT2D eigenvalue weighted by atomic mass is 10.2. The first-order valence-electron chi connectivity index (χ1n) is 6.80. The van der Waals surface area contributed by atoms with Gasteiger partial charge in [0.15, 0.2) is 0 Å². The Labute approximate surface area is 141 Å². The van der Waals surface area contributed by atoms with E-state index in [2.05, 4.69) is 5.32 Å². The minimum absolute atomic E-state index is 0.0435. The molecule has 0 saturated carbocycles. The van der Waals surface area contributed by atoms with Crippen molar-refractivity contribution in [3.8, 4) is 0 Å². The minimum Gasteiger partial charge on any atom is -0.372 e. The van der Waals surface area contributed by atoms with Gasteiger partial charge in [0.2, 0.25) is 5.91 Å². The molecule has 0 spiro atoms. The molecule has 1 fully saturated rings. The van der Waals surface area contributed by atoms with Gasteiger partial charge in [0, 0.05) is 0 Å². The first-order valence-corrected chi connectivity index (χ1v) is 7.56. The summed E-state index contributed by atoms with van der Waals surface area (Å²) in [6.07, 6.45) is -0.0435. The summed E-state index contributed by atoms with van der Waals surface area (Å²) >= 11 is 12.0. The van der Waals surface area contributed by atoms with E-state index >= 15 is 0 Å². The molecule has 23 heavy (non-hydrogen) atoms. The summed E-state index contributed by atoms with van der Waals surface area (Å²) in [7, 11) is 0. The first-order chi connectivity index (χ1) is 11.0. The molecule has 1 aliphatic heterocycles. The zero-order valence-corrected chi connectivity index (χ0v) is 13.2. The van der Waals surface area contributed by atoms with Crippen molar-refractivity contribution in [3.63, 3.8) is 0 Å². The highest BCUT2D eigenvalue weighted by atomic mass is 35.5. The number of anilines is 2. The number of hydrogen-bond acceptors (Lipinski definition) is 3. The molecule has 4 nitrogen and oxygen atoms in total. The van der Waals surface area contributed by atoms with Crippen LogP contribution in [0.5, 0.6) is 0 Å². The monoisotopic (exact) mass is 352 g/mol. The molecule has 1 N–H and O–H groups in total. The second-order valence-corrected chi connectivity index (χ2v) is 5.83. The van der Waals surface area contributed by atoms with Gasteiger partial charge in [0.05, 0.1) is 27.8 Å². The van der Waals surface area contributed by atoms with Crippen LogP contribution in [0.15, 0.2) is 42.5 Å². The summed E-state index contributed by atoms with van der Waals surface area (Å²) in [6.45, 7) is 0. The van der Waals surface area contributed by atoms with Crippen molar-refractivity contribution in [2.24, 2.45) is 0 Å². The van der Waals surface area contributed by atoms with Crippen LogP contribution in [0.1, 0.15) is 6.42 Å². The van der Waals surface area contributed by atoms with E-state index in [-0.39, 0.29) is 17.1 Å². The van der Waals surface area contributed by atoms with Crippen molar-refractivity contribution >= 4 is 46.4 Å². The Balaban J connectivity index is 1.85. The Kier molecular flexibility index (Phi) is 4.24. The number of rotatable bonds is 3. The van der Waals surface area contributed by atoms with Crippen molar-refractivity contribution in [2.45, 2.75) is 12.5 Å². The van der Waals surface area contributed by atoms with Crippen molar-refractivity contribution in [2.75, 3.05) is 10.2 Å². The molecule has 1 aliphatic rings. The van der Waals surface area contributed by atoms with Crippen molar-refractivity contribution in [3.05, 3.63) is 58.3 Å². The highest BCUT2D eigenvalue weighted by molar-refractivity contribution is 6.43. The second kappa shape index (κ2) is 6.18. The molecular formula is C16H11Cl2FN2O2. The van der Waals surface area contributed by atoms with E-state index in [0.29, 0.717) is 10.7 Å². The quantitative estimate of drug-likeness (QED) is 0.852. The maximum atomic E-state index is 13.3. The number of amides is 2. The number of halogens is 3. The van der Waals surface area contributed by atoms with E-state index in [1.54, 1.807) is 18.2 Å². The molecule has 1 atom stereocenters. The van der Waals surface area contributed by atoms with Gasteiger partial charge in [0.1, 0.15) is 11.9 Å². The predicted molar refractivity (Wildman–Crippen MR) is 87.4 cm³/mol. The Morgan fingerprint density at radius 2 is 1.87 bits per heavy atom. The molecule has 2 aromatic carbocycles. The normalized spacial score (nSPS) is 17.7. The lowest BCUT2D eigenvalue weighted by Gasteiger charge is -2.17. The van der Waals surface area contributed by atoms with Gasteiger partial charge < -0.3 is 5.32 Å². The molecule has 0 radical (unpaired) electrons. The number of imide groups is 1. The van der Waals surface area contributed by atoms with Crippen LogP contribution in [-0.2, 0) is 9.59 Å². The van der Waals surface area contributed by atoms with Crippen LogP contribution in [0.2, 0.25) is 10.0 Å². The number of hydrogen-bond donors (Lipinski definition) is 1. The molecule has 3 rings (SSSR count). The van der Waals surface area contributed by atoms with Crippen LogP contribution < -0.4 is 10.2 Å². The van der Waals surface area contributed by atoms with Crippen molar-refractivity contribution in [1.29, 1.82) is 0 Å². The summed E-state index contributed by atoms with van der Waals surface area (Å²) in [5.74, 6) is -1.38. The van der Waals surface area contributed by atoms with Crippen LogP contribution in [0.3, 0.4) is 0 Å². The fourth-order valence-electron chi connectivity index (χ4n) is 2.43. The molecular weight excluding hydrogens is 342 g/mol. The fourth-order valence-corrected chi connectivity index (χ4v) is 2.79. The van der Waals surface area contributed by atoms with Crippen LogP contribution in [0.4, 0.5) is 15.8 Å². The number of carbonyl (C=O) groups is 2. The molecule has 0 aliphatic carbocycles. The molecule has 1 heterocycles. The Morgan fingerprint density at radius 3 is 2.61 bits per heavy atom. The van der Waals surface area contributed by atoms with Gasteiger partial charge in [0.25, 0.3) is 5.91 Å². The molecule has 0 bridgehead atoms. The average molecular weight is 353 g/mol. The second-order valence-electron chi connectivity index (χ2n) is 5.05. The molecule has 0 unspecified atom stereocenters. The fraction of sp³-hybridized carbons (Fsp3) is 0.125. The van der Waals surface area contributed by atoms with E-state index in [1.165, 1.54) is 18.2 Å². The summed E-state index contributed by atoms with van der Waals surface area (Å²) < 4.78 is 13.3. The van der Waals surface area contributed by atoms with Gasteiger partial charge >= 0.3 is 0 Å². The smallest absolute Gasteiger partial charge is 0.256 e. The maximum absolute atomic E-state index is 13.3. The van der Waals surface area contributed by atoms with Crippen LogP contribution in [0.25, 0.3) is 0 Å². The van der Waals surface area contributed by atoms with Gasteiger partial charge in [-0.05, 0) is 30.3 Å². The van der Waals surface area contributed by atoms with Gasteiger partial charge in [-0.1, -0.05) is 35.3 Å². The van der Waals surface area contributed by atoms with Gasteiger partial charge in [-0.3, -0.25) is 9.59 Å². The molecule has 118 valence electrons. The summed E-state index contributed by atoms with van der Waals surface area (Å²) in [5, 5.41) is 3.54. The SMILES string of the molecule is O=C1C[C@@H](Nc2cccc(Cl)c2Cl)C(=O)N1c1cccc(F)c1. The van der Waals surface area contributed by atoms with Crippen LogP contribution >= 0.6 is 23.2 Å². The molecule has 0 aromatic heterocycles. The lowest BCUT2D eigenvalue weighted by molar-refractivity contribution is -0.121. The highest BCUT2D eigenvalue weighted by Gasteiger charge is 2.39. The van der Waals surface area contributed by atoms with Crippen molar-refractivity contribution < 1.29 is 14.0 Å². The van der Waals surface area contributed by atoms with Gasteiger partial charge in [-0.15, -0.1) is 0 Å². The molecule has 7 heteroatoms. The number of nitrogens with zero attached hydrogens (tertiary/aromatic N) is 1. The van der Waals surface area contributed by atoms with Crippen molar-refractivity contribution in [1.82, 2.24) is 0 Å². The zero-order valence-electron chi connectivity index (χ0n) is 11.7. The van der Waals surface area contributed by atoms with E-state index in [1.807, 2.05) is 0 Å². The van der Waals surface area contributed by atoms with Crippen LogP contribution in [-0.4, -0.2) is 17.9 Å². The summed E-state index contributed by atoms with van der Waals surface area (Å²) in [6, 6.07) is 9.53. The Bertz CT molecular complexity index is 797. The van der Waals surface area contributed by atoms with E-state index < -0.39 is 23.7 Å². The minimum atomic E-state index is -0.776. The van der Waals surface area contributed by atoms with E-state index in [0.717, 1.165) is 11.0 Å². The highest BCUT2D eigenvalue weighted by Crippen LogP contribution is 2.32. The first kappa shape index (κ1) is 15.8. The third kappa shape index (κ3) is 3.02. The standard InChI is InChI=1S/C16H11Cl2FN2O2/c17-11-5-2-6-12(15(11)18)20-13-8-14(22)21(16(13)23)10-4-1-3-9(19)7-10/h1-7,13,20H,8H2/t13-/m1/s1. The molecule has 1 saturated heterocycles. The predicted octanol–water partition coefficient (Wildman–Crippen LogP) is 3.88. The molecule has 2 amide bonds. The zero-order chi connectivity index (χ0) is 16.6. The average Bonchev–Trinajstić information content (AvgIpc) is 2.78. The van der Waals surface area contributed by atoms with Gasteiger partial charge in [-0.2, -0.15) is 0 Å². The number of carbonyl (C=O) groups excluding carboxylic acids is 2. The topological polar surface area (TPSA) is 49.4 Å². The third-order valence-corrected chi connectivity index (χ3v) is 4.31. The largest absolute Gasteiger partial charge is 0.372 e. The lowest BCUT2D eigenvalue weighted by Crippen LogP contribution is -2.34. The maximum Gasteiger partial charge on any atom is 0.256 e. The number of nitrogens with one attached hydrogen (secondary N) is 1. The Hall–Kier alpha value is -2.11. The third-order valence-electron chi connectivity index (χ3n) is 3.49. The Morgan fingerprint density at radius 1 is 1.13 bits per heavy atom. The van der Waals surface area contributed by atoms with E-state index in [9.17, 15) is 14.0 Å². The van der Waals surface area contributed by atoms with E-state index in [4.69, 9.17) is 23.2 Å². The summed E-state index contributed by atoms with van der Waals surface area (Å²) in [4.78, 5) is 25.6.